The van der Waals surface area contributed by atoms with Crippen LogP contribution in [0.1, 0.15) is 28.8 Å². The number of phenols is 1. The second-order valence-electron chi connectivity index (χ2n) is 7.96. The number of azo groups is 1. The number of phenolic OH excluding ortho intramolecular Hbond substituents is 1. The molecule has 0 saturated carbocycles. The molecule has 2 aromatic carbocycles. The number of fused-ring (bicyclic) bond motifs is 1. The molecule has 2 N–H and O–H groups in total. The molecule has 1 fully saturated rings. The number of hydrogen-bond acceptors (Lipinski definition) is 8. The fraction of sp³-hybridized carbons (Fsp3) is 0.208. The van der Waals surface area contributed by atoms with Gasteiger partial charge < -0.3 is 15.1 Å². The number of aromatic nitrogens is 4. The van der Waals surface area contributed by atoms with E-state index in [1.165, 1.54) is 23.3 Å². The summed E-state index contributed by atoms with van der Waals surface area (Å²) in [5, 5.41) is 34.4. The van der Waals surface area contributed by atoms with Crippen LogP contribution >= 0.6 is 0 Å². The first kappa shape index (κ1) is 22.1. The van der Waals surface area contributed by atoms with E-state index in [1.54, 1.807) is 35.2 Å². The molecule has 4 aromatic rings. The lowest BCUT2D eigenvalue weighted by Crippen LogP contribution is -2.27. The van der Waals surface area contributed by atoms with Gasteiger partial charge in [0.2, 0.25) is 0 Å². The molecule has 35 heavy (non-hydrogen) atoms. The van der Waals surface area contributed by atoms with E-state index < -0.39 is 0 Å². The minimum atomic E-state index is -0.320. The fourth-order valence-electron chi connectivity index (χ4n) is 4.04. The average molecular weight is 468 g/mol. The highest BCUT2D eigenvalue weighted by atomic mass is 16.3. The fourth-order valence-corrected chi connectivity index (χ4v) is 4.04. The molecule has 1 amide bonds. The first-order chi connectivity index (χ1) is 17.1. The smallest absolute Gasteiger partial charge is 0.258 e. The van der Waals surface area contributed by atoms with Crippen molar-refractivity contribution in [2.24, 2.45) is 10.2 Å². The zero-order chi connectivity index (χ0) is 24.4. The zero-order valence-electron chi connectivity index (χ0n) is 18.5. The number of amides is 1. The molecule has 0 spiro atoms. The van der Waals surface area contributed by atoms with Gasteiger partial charge in [0.15, 0.2) is 11.6 Å². The summed E-state index contributed by atoms with van der Waals surface area (Å²) in [6.45, 7) is 8.45. The molecule has 5 rings (SSSR count). The van der Waals surface area contributed by atoms with E-state index in [4.69, 9.17) is 6.57 Å². The summed E-state index contributed by atoms with van der Waals surface area (Å²) in [5.41, 5.74) is 0.922. The quantitative estimate of drug-likeness (QED) is 0.333. The number of likely N-dealkylation sites (tertiary alicyclic amines) is 1. The summed E-state index contributed by atoms with van der Waals surface area (Å²) in [6, 6.07) is 8.44. The zero-order valence-corrected chi connectivity index (χ0v) is 18.5. The number of nitrogens with zero attached hydrogens (tertiary/aromatic N) is 8. The van der Waals surface area contributed by atoms with E-state index in [0.717, 1.165) is 12.8 Å². The van der Waals surface area contributed by atoms with E-state index in [2.05, 4.69) is 30.1 Å². The highest BCUT2D eigenvalue weighted by Crippen LogP contribution is 2.40. The van der Waals surface area contributed by atoms with Crippen molar-refractivity contribution < 1.29 is 15.0 Å². The molecule has 1 saturated heterocycles. The number of hydrogen-bond donors (Lipinski definition) is 2. The number of carbonyl (C=O) groups is 1. The monoisotopic (exact) mass is 468 g/mol. The van der Waals surface area contributed by atoms with Crippen molar-refractivity contribution in [1.82, 2.24) is 24.6 Å². The predicted molar refractivity (Wildman–Crippen MR) is 126 cm³/mol. The van der Waals surface area contributed by atoms with Crippen molar-refractivity contribution in [2.75, 3.05) is 13.1 Å². The third kappa shape index (κ3) is 4.07. The Hall–Kier alpha value is -4.69. The largest absolute Gasteiger partial charge is 0.505 e. The average Bonchev–Trinajstić information content (AvgIpc) is 3.57. The lowest BCUT2D eigenvalue weighted by molar-refractivity contribution is 0.0792. The van der Waals surface area contributed by atoms with Gasteiger partial charge in [0.1, 0.15) is 5.69 Å². The molecule has 3 heterocycles. The first-order valence-electron chi connectivity index (χ1n) is 10.9. The molecule has 2 aromatic heterocycles. The van der Waals surface area contributed by atoms with Gasteiger partial charge in [-0.05, 0) is 47.4 Å². The second kappa shape index (κ2) is 9.28. The Morgan fingerprint density at radius 3 is 2.63 bits per heavy atom. The topological polar surface area (TPSA) is 133 Å². The van der Waals surface area contributed by atoms with E-state index >= 15 is 0 Å². The van der Waals surface area contributed by atoms with Gasteiger partial charge in [-0.1, -0.05) is 12.1 Å². The summed E-state index contributed by atoms with van der Waals surface area (Å²) in [4.78, 5) is 26.8. The summed E-state index contributed by atoms with van der Waals surface area (Å²) < 4.78 is 1.28. The molecule has 0 aliphatic carbocycles. The number of carbonyl (C=O) groups excluding carboxylic acids is 1. The number of rotatable bonds is 5. The standard InChI is InChI=1S/C24H20N8O3/c1-25-19-13-28-32(24-26-7-4-8-27-24)22(19)30-29-18-12-16-6-5-15(14-33)11-17(16)20(21(18)34)23(35)31-9-2-3-10-31/h4-8,11-13,33-34H,2-3,9-10,14H2/b30-29+. The van der Waals surface area contributed by atoms with Crippen LogP contribution in [0.5, 0.6) is 5.75 Å². The van der Waals surface area contributed by atoms with Crippen LogP contribution in [0.2, 0.25) is 0 Å². The van der Waals surface area contributed by atoms with Crippen LogP contribution in [0.4, 0.5) is 17.2 Å². The van der Waals surface area contributed by atoms with Crippen molar-refractivity contribution in [1.29, 1.82) is 0 Å². The van der Waals surface area contributed by atoms with Crippen LogP contribution in [-0.2, 0) is 6.61 Å². The van der Waals surface area contributed by atoms with Gasteiger partial charge in [-0.25, -0.2) is 14.8 Å². The maximum Gasteiger partial charge on any atom is 0.258 e. The summed E-state index contributed by atoms with van der Waals surface area (Å²) in [5.74, 6) is -0.324. The molecule has 0 bridgehead atoms. The summed E-state index contributed by atoms with van der Waals surface area (Å²) in [7, 11) is 0. The normalized spacial score (nSPS) is 13.5. The first-order valence-corrected chi connectivity index (χ1v) is 10.9. The van der Waals surface area contributed by atoms with Crippen LogP contribution in [-0.4, -0.2) is 53.9 Å². The van der Waals surface area contributed by atoms with E-state index in [9.17, 15) is 15.0 Å². The van der Waals surface area contributed by atoms with Gasteiger partial charge in [-0.15, -0.1) is 10.2 Å². The molecular formula is C24H20N8O3. The number of aliphatic hydroxyl groups is 1. The van der Waals surface area contributed by atoms with E-state index in [0.29, 0.717) is 29.4 Å². The Balaban J connectivity index is 1.65. The van der Waals surface area contributed by atoms with Crippen LogP contribution in [0.15, 0.2) is 59.2 Å². The lowest BCUT2D eigenvalue weighted by Gasteiger charge is -2.18. The van der Waals surface area contributed by atoms with Crippen molar-refractivity contribution in [2.45, 2.75) is 19.4 Å². The molecule has 11 heteroatoms. The van der Waals surface area contributed by atoms with Crippen LogP contribution in [0, 0.1) is 6.57 Å². The Morgan fingerprint density at radius 1 is 1.14 bits per heavy atom. The third-order valence-corrected chi connectivity index (χ3v) is 5.79. The van der Waals surface area contributed by atoms with Crippen LogP contribution in [0.3, 0.4) is 0 Å². The molecule has 0 unspecified atom stereocenters. The van der Waals surface area contributed by atoms with Gasteiger partial charge in [0.25, 0.3) is 17.5 Å². The van der Waals surface area contributed by atoms with E-state index in [-0.39, 0.29) is 47.0 Å². The van der Waals surface area contributed by atoms with Crippen LogP contribution < -0.4 is 0 Å². The van der Waals surface area contributed by atoms with Crippen molar-refractivity contribution >= 4 is 33.9 Å². The minimum Gasteiger partial charge on any atom is -0.505 e. The maximum atomic E-state index is 13.4. The number of benzene rings is 2. The molecule has 174 valence electrons. The van der Waals surface area contributed by atoms with Gasteiger partial charge in [-0.3, -0.25) is 4.79 Å². The molecular weight excluding hydrogens is 448 g/mol. The summed E-state index contributed by atoms with van der Waals surface area (Å²) >= 11 is 0. The number of aromatic hydroxyl groups is 1. The molecule has 1 aliphatic heterocycles. The maximum absolute atomic E-state index is 13.4. The Bertz CT molecular complexity index is 1480. The van der Waals surface area contributed by atoms with E-state index in [1.807, 2.05) is 0 Å². The second-order valence-corrected chi connectivity index (χ2v) is 7.96. The highest BCUT2D eigenvalue weighted by molar-refractivity contribution is 6.11. The van der Waals surface area contributed by atoms with Crippen molar-refractivity contribution in [3.63, 3.8) is 0 Å². The number of aliphatic hydroxyl groups excluding tert-OH is 1. The Morgan fingerprint density at radius 2 is 1.91 bits per heavy atom. The van der Waals surface area contributed by atoms with Gasteiger partial charge in [-0.2, -0.15) is 9.78 Å². The molecule has 0 atom stereocenters. The van der Waals surface area contributed by atoms with Crippen molar-refractivity contribution in [3.05, 3.63) is 71.5 Å². The third-order valence-electron chi connectivity index (χ3n) is 5.79. The van der Waals surface area contributed by atoms with Crippen molar-refractivity contribution in [3.8, 4) is 11.7 Å². The molecule has 11 nitrogen and oxygen atoms in total. The van der Waals surface area contributed by atoms with Gasteiger partial charge >= 0.3 is 0 Å². The Labute approximate surface area is 199 Å². The Kier molecular flexibility index (Phi) is 5.87. The SMILES string of the molecule is [C-]#[N+]c1cnn(-c2ncccn2)c1/N=N/c1cc2ccc(CO)cc2c(C(=O)N2CCCC2)c1O. The van der Waals surface area contributed by atoms with Crippen LogP contribution in [0.25, 0.3) is 21.6 Å². The molecule has 1 aliphatic rings. The highest BCUT2D eigenvalue weighted by Gasteiger charge is 2.26. The van der Waals surface area contributed by atoms with Gasteiger partial charge in [0, 0.05) is 25.5 Å². The molecule has 0 radical (unpaired) electrons. The minimum absolute atomic E-state index is 0.0643. The summed E-state index contributed by atoms with van der Waals surface area (Å²) in [6.07, 6.45) is 6.20. The predicted octanol–water partition coefficient (Wildman–Crippen LogP) is 4.22. The lowest BCUT2D eigenvalue weighted by atomic mass is 9.99. The van der Waals surface area contributed by atoms with Gasteiger partial charge in [0.05, 0.1) is 24.9 Å².